The zero-order valence-corrected chi connectivity index (χ0v) is 17.6. The van der Waals surface area contributed by atoms with Gasteiger partial charge in [-0.25, -0.2) is 9.97 Å². The molecule has 3 aromatic rings. The number of aromatic amines is 1. The highest BCUT2D eigenvalue weighted by atomic mass is 19.4. The third kappa shape index (κ3) is 3.91. The molecule has 0 aliphatic heterocycles. The Morgan fingerprint density at radius 3 is 2.78 bits per heavy atom. The lowest BCUT2D eigenvalue weighted by Crippen LogP contribution is -2.22. The van der Waals surface area contributed by atoms with Gasteiger partial charge in [0.05, 0.1) is 23.7 Å². The minimum absolute atomic E-state index is 0.0433. The number of aromatic nitrogens is 3. The summed E-state index contributed by atoms with van der Waals surface area (Å²) in [5, 5.41) is 3.73. The number of nitrogens with one attached hydrogen (secondary N) is 2. The van der Waals surface area contributed by atoms with Gasteiger partial charge in [0, 0.05) is 18.0 Å². The van der Waals surface area contributed by atoms with Gasteiger partial charge in [-0.2, -0.15) is 13.2 Å². The van der Waals surface area contributed by atoms with Gasteiger partial charge in [-0.15, -0.1) is 0 Å². The predicted molar refractivity (Wildman–Crippen MR) is 113 cm³/mol. The van der Waals surface area contributed by atoms with Crippen molar-refractivity contribution in [3.05, 3.63) is 41.3 Å². The molecule has 1 unspecified atom stereocenters. The number of fused-ring (bicyclic) bond motifs is 3. The highest BCUT2D eigenvalue weighted by molar-refractivity contribution is 5.94. The highest BCUT2D eigenvalue weighted by Crippen LogP contribution is 2.40. The minimum atomic E-state index is -4.48. The van der Waals surface area contributed by atoms with E-state index in [1.54, 1.807) is 0 Å². The van der Waals surface area contributed by atoms with E-state index in [1.165, 1.54) is 19.5 Å². The maximum absolute atomic E-state index is 13.3. The molecule has 5 rings (SSSR count). The van der Waals surface area contributed by atoms with Crippen LogP contribution in [-0.4, -0.2) is 27.8 Å². The van der Waals surface area contributed by atoms with Crippen LogP contribution in [0.4, 0.5) is 24.7 Å². The fourth-order valence-corrected chi connectivity index (χ4v) is 4.49. The number of ether oxygens (including phenoxy) is 1. The Morgan fingerprint density at radius 2 is 2.06 bits per heavy atom. The van der Waals surface area contributed by atoms with Crippen LogP contribution >= 0.6 is 0 Å². The number of anilines is 2. The van der Waals surface area contributed by atoms with E-state index < -0.39 is 11.7 Å². The van der Waals surface area contributed by atoms with Gasteiger partial charge in [-0.1, -0.05) is 0 Å². The number of benzene rings is 1. The van der Waals surface area contributed by atoms with E-state index in [-0.39, 0.29) is 17.4 Å². The number of methoxy groups -OCH3 is 1. The van der Waals surface area contributed by atoms with Crippen molar-refractivity contribution in [2.45, 2.75) is 44.7 Å². The van der Waals surface area contributed by atoms with Crippen LogP contribution in [0.2, 0.25) is 0 Å². The Hall–Kier alpha value is -3.10. The van der Waals surface area contributed by atoms with Crippen LogP contribution in [0, 0.1) is 11.8 Å². The third-order valence-electron chi connectivity index (χ3n) is 6.40. The fraction of sp³-hybridized carbons (Fsp3) is 0.435. The summed E-state index contributed by atoms with van der Waals surface area (Å²) in [7, 11) is 1.40. The second-order valence-corrected chi connectivity index (χ2v) is 8.62. The molecule has 1 aromatic carbocycles. The van der Waals surface area contributed by atoms with Crippen molar-refractivity contribution in [2.24, 2.45) is 11.8 Å². The Labute approximate surface area is 182 Å². The molecule has 2 aliphatic carbocycles. The fourth-order valence-electron chi connectivity index (χ4n) is 4.49. The molecule has 1 saturated carbocycles. The van der Waals surface area contributed by atoms with Crippen LogP contribution in [0.5, 0.6) is 5.75 Å². The van der Waals surface area contributed by atoms with Crippen LogP contribution in [0.15, 0.2) is 24.5 Å². The molecule has 32 heavy (non-hydrogen) atoms. The number of carbonyl (C=O) groups excluding carboxylic acids is 1. The third-order valence-corrected chi connectivity index (χ3v) is 6.40. The van der Waals surface area contributed by atoms with Gasteiger partial charge in [0.1, 0.15) is 29.3 Å². The van der Waals surface area contributed by atoms with Crippen LogP contribution in [-0.2, 0) is 23.8 Å². The Kier molecular flexibility index (Phi) is 5.06. The molecule has 6 nitrogen and oxygen atoms in total. The summed E-state index contributed by atoms with van der Waals surface area (Å²) in [4.78, 5) is 24.7. The first-order chi connectivity index (χ1) is 15.3. The number of hydrogen-bond acceptors (Lipinski definition) is 5. The first-order valence-electron chi connectivity index (χ1n) is 10.7. The monoisotopic (exact) mass is 444 g/mol. The van der Waals surface area contributed by atoms with Crippen molar-refractivity contribution < 1.29 is 22.7 Å². The average molecular weight is 444 g/mol. The minimum Gasteiger partial charge on any atom is -0.495 e. The number of hydrogen-bond donors (Lipinski definition) is 2. The van der Waals surface area contributed by atoms with E-state index in [1.807, 2.05) is 0 Å². The van der Waals surface area contributed by atoms with Gasteiger partial charge < -0.3 is 15.0 Å². The first kappa shape index (κ1) is 20.8. The van der Waals surface area contributed by atoms with Crippen LogP contribution < -0.4 is 10.1 Å². The number of ketones is 1. The number of alkyl halides is 3. The van der Waals surface area contributed by atoms with Crippen LogP contribution in [0.25, 0.3) is 11.0 Å². The van der Waals surface area contributed by atoms with Crippen molar-refractivity contribution in [3.8, 4) is 5.75 Å². The van der Waals surface area contributed by atoms with Crippen molar-refractivity contribution in [2.75, 3.05) is 12.4 Å². The molecule has 2 aliphatic rings. The predicted octanol–water partition coefficient (Wildman–Crippen LogP) is 5.20. The average Bonchev–Trinajstić information content (AvgIpc) is 3.49. The van der Waals surface area contributed by atoms with Gasteiger partial charge in [-0.3, -0.25) is 4.79 Å². The van der Waals surface area contributed by atoms with E-state index in [9.17, 15) is 18.0 Å². The molecule has 0 bridgehead atoms. The molecule has 1 fully saturated rings. The standard InChI is InChI=1S/C23H23F3N4O2/c1-32-19-7-5-14(23(24,25)26)10-17(19)30-22-20-15-9-13(18(31)8-12-2-3-12)4-6-16(15)29-21(20)27-11-28-22/h5,7,10-13H,2-4,6,8-9H2,1H3,(H2,27,28,29,30). The van der Waals surface area contributed by atoms with E-state index in [4.69, 9.17) is 4.74 Å². The second kappa shape index (κ2) is 7.79. The number of nitrogens with zero attached hydrogens (tertiary/aromatic N) is 2. The number of carbonyl (C=O) groups is 1. The number of aryl methyl sites for hydroxylation is 1. The summed E-state index contributed by atoms with van der Waals surface area (Å²) in [6.07, 6.45) is 1.92. The molecular formula is C23H23F3N4O2. The lowest BCUT2D eigenvalue weighted by Gasteiger charge is -2.22. The zero-order chi connectivity index (χ0) is 22.5. The molecular weight excluding hydrogens is 421 g/mol. The summed E-state index contributed by atoms with van der Waals surface area (Å²) in [6, 6.07) is 3.27. The molecule has 0 amide bonds. The quantitative estimate of drug-likeness (QED) is 0.546. The number of H-pyrrole nitrogens is 1. The maximum Gasteiger partial charge on any atom is 0.416 e. The highest BCUT2D eigenvalue weighted by Gasteiger charge is 2.33. The molecule has 9 heteroatoms. The molecule has 0 saturated heterocycles. The Bertz CT molecular complexity index is 1180. The van der Waals surface area contributed by atoms with Crippen molar-refractivity contribution in [3.63, 3.8) is 0 Å². The summed E-state index contributed by atoms with van der Waals surface area (Å²) in [5.74, 6) is 1.46. The van der Waals surface area contributed by atoms with Crippen molar-refractivity contribution >= 4 is 28.3 Å². The number of rotatable bonds is 6. The largest absolute Gasteiger partial charge is 0.495 e. The maximum atomic E-state index is 13.3. The first-order valence-corrected chi connectivity index (χ1v) is 10.7. The zero-order valence-electron chi connectivity index (χ0n) is 17.6. The lowest BCUT2D eigenvalue weighted by molar-refractivity contribution is -0.137. The van der Waals surface area contributed by atoms with Crippen molar-refractivity contribution in [1.82, 2.24) is 15.0 Å². The summed E-state index contributed by atoms with van der Waals surface area (Å²) in [5.41, 5.74) is 1.96. The molecule has 2 heterocycles. The van der Waals surface area contributed by atoms with E-state index in [0.717, 1.165) is 49.1 Å². The van der Waals surface area contributed by atoms with Gasteiger partial charge in [0.2, 0.25) is 0 Å². The summed E-state index contributed by atoms with van der Waals surface area (Å²) < 4.78 is 45.0. The summed E-state index contributed by atoms with van der Waals surface area (Å²) in [6.45, 7) is 0. The molecule has 0 spiro atoms. The van der Waals surface area contributed by atoms with Gasteiger partial charge in [-0.05, 0) is 61.8 Å². The van der Waals surface area contributed by atoms with E-state index in [2.05, 4.69) is 20.3 Å². The van der Waals surface area contributed by atoms with Crippen LogP contribution in [0.3, 0.4) is 0 Å². The SMILES string of the molecule is COc1ccc(C(F)(F)F)cc1Nc1ncnc2[nH]c3c(c12)CC(C(=O)CC1CC1)CC3. The van der Waals surface area contributed by atoms with Gasteiger partial charge >= 0.3 is 6.18 Å². The molecule has 1 atom stereocenters. The topological polar surface area (TPSA) is 79.9 Å². The second-order valence-electron chi connectivity index (χ2n) is 8.62. The molecule has 168 valence electrons. The number of Topliss-reactive ketones (excluding diaryl/α,β-unsaturated/α-hetero) is 1. The van der Waals surface area contributed by atoms with Crippen molar-refractivity contribution in [1.29, 1.82) is 0 Å². The smallest absolute Gasteiger partial charge is 0.416 e. The number of halogens is 3. The van der Waals surface area contributed by atoms with Gasteiger partial charge in [0.25, 0.3) is 0 Å². The van der Waals surface area contributed by atoms with E-state index in [0.29, 0.717) is 41.4 Å². The Morgan fingerprint density at radius 1 is 1.25 bits per heavy atom. The lowest BCUT2D eigenvalue weighted by atomic mass is 9.82. The summed E-state index contributed by atoms with van der Waals surface area (Å²) >= 11 is 0. The molecule has 2 aromatic heterocycles. The molecule has 0 radical (unpaired) electrons. The Balaban J connectivity index is 1.51. The molecule has 2 N–H and O–H groups in total. The normalized spacial score (nSPS) is 18.4. The van der Waals surface area contributed by atoms with E-state index >= 15 is 0 Å². The van der Waals surface area contributed by atoms with Gasteiger partial charge in [0.15, 0.2) is 0 Å². The van der Waals surface area contributed by atoms with Crippen LogP contribution in [0.1, 0.15) is 42.5 Å².